The van der Waals surface area contributed by atoms with E-state index in [0.717, 1.165) is 55.0 Å². The number of fused-ring (bicyclic) bond motifs is 1. The van der Waals surface area contributed by atoms with Gasteiger partial charge in [-0.2, -0.15) is 0 Å². The smallest absolute Gasteiger partial charge is 0.257 e. The molecule has 2 N–H and O–H groups in total. The number of nitrogens with one attached hydrogen (secondary N) is 2. The van der Waals surface area contributed by atoms with Gasteiger partial charge in [0.2, 0.25) is 0 Å². The van der Waals surface area contributed by atoms with E-state index in [0.29, 0.717) is 23.5 Å². The number of rotatable bonds is 7. The Morgan fingerprint density at radius 3 is 2.68 bits per heavy atom. The van der Waals surface area contributed by atoms with Gasteiger partial charge in [0, 0.05) is 62.3 Å². The fourth-order valence-electron chi connectivity index (χ4n) is 4.09. The van der Waals surface area contributed by atoms with Gasteiger partial charge in [0.25, 0.3) is 5.91 Å². The van der Waals surface area contributed by atoms with E-state index in [9.17, 15) is 4.79 Å². The predicted octanol–water partition coefficient (Wildman–Crippen LogP) is 3.50. The number of H-pyrrole nitrogens is 1. The minimum Gasteiger partial charge on any atom is -0.492 e. The van der Waals surface area contributed by atoms with Crippen LogP contribution >= 0.6 is 0 Å². The van der Waals surface area contributed by atoms with Crippen LogP contribution in [0.25, 0.3) is 22.2 Å². The molecule has 34 heavy (non-hydrogen) atoms. The zero-order valence-electron chi connectivity index (χ0n) is 19.2. The highest BCUT2D eigenvalue weighted by Crippen LogP contribution is 2.27. The van der Waals surface area contributed by atoms with Crippen molar-refractivity contribution >= 4 is 22.6 Å². The summed E-state index contributed by atoms with van der Waals surface area (Å²) < 4.78 is 5.96. The Morgan fingerprint density at radius 1 is 1.09 bits per heavy atom. The summed E-state index contributed by atoms with van der Waals surface area (Å²) in [7, 11) is 2.16. The summed E-state index contributed by atoms with van der Waals surface area (Å²) >= 11 is 0. The zero-order chi connectivity index (χ0) is 23.3. The minimum absolute atomic E-state index is 0.206. The van der Waals surface area contributed by atoms with Crippen molar-refractivity contribution in [2.75, 3.05) is 51.7 Å². The van der Waals surface area contributed by atoms with E-state index < -0.39 is 0 Å². The van der Waals surface area contributed by atoms with Crippen LogP contribution in [0.2, 0.25) is 0 Å². The topological polar surface area (TPSA) is 86.4 Å². The molecule has 0 aliphatic carbocycles. The molecule has 0 radical (unpaired) electrons. The number of piperazine rings is 1. The van der Waals surface area contributed by atoms with Gasteiger partial charge in [0.15, 0.2) is 0 Å². The van der Waals surface area contributed by atoms with E-state index in [1.54, 1.807) is 30.7 Å². The minimum atomic E-state index is -0.206. The lowest BCUT2D eigenvalue weighted by Crippen LogP contribution is -2.45. The molecule has 0 atom stereocenters. The largest absolute Gasteiger partial charge is 0.492 e. The molecule has 8 nitrogen and oxygen atoms in total. The number of hydrogen-bond acceptors (Lipinski definition) is 6. The van der Waals surface area contributed by atoms with Gasteiger partial charge >= 0.3 is 0 Å². The summed E-state index contributed by atoms with van der Waals surface area (Å²) in [5.74, 6) is 0.646. The number of ether oxygens (including phenoxy) is 1. The van der Waals surface area contributed by atoms with E-state index in [2.05, 4.69) is 37.1 Å². The van der Waals surface area contributed by atoms with Crippen LogP contribution in [0.15, 0.2) is 67.3 Å². The van der Waals surface area contributed by atoms with Crippen LogP contribution in [0.1, 0.15) is 10.4 Å². The van der Waals surface area contributed by atoms with E-state index in [1.807, 2.05) is 36.5 Å². The molecular formula is C26H28N6O2. The van der Waals surface area contributed by atoms with E-state index >= 15 is 0 Å². The molecule has 0 unspecified atom stereocenters. The Hall–Kier alpha value is -3.75. The maximum atomic E-state index is 12.8. The van der Waals surface area contributed by atoms with E-state index in [4.69, 9.17) is 4.74 Å². The Balaban J connectivity index is 1.25. The van der Waals surface area contributed by atoms with Gasteiger partial charge in [0.1, 0.15) is 18.0 Å². The Morgan fingerprint density at radius 2 is 1.91 bits per heavy atom. The number of anilines is 1. The van der Waals surface area contributed by atoms with Gasteiger partial charge in [-0.1, -0.05) is 12.1 Å². The van der Waals surface area contributed by atoms with Crippen LogP contribution in [-0.2, 0) is 0 Å². The van der Waals surface area contributed by atoms with Gasteiger partial charge in [0.05, 0.1) is 17.4 Å². The second-order valence-corrected chi connectivity index (χ2v) is 8.54. The van der Waals surface area contributed by atoms with Crippen molar-refractivity contribution in [1.29, 1.82) is 0 Å². The number of nitrogens with zero attached hydrogens (tertiary/aromatic N) is 4. The average molecular weight is 457 g/mol. The second-order valence-electron chi connectivity index (χ2n) is 8.54. The highest BCUT2D eigenvalue weighted by Gasteiger charge is 2.15. The summed E-state index contributed by atoms with van der Waals surface area (Å²) in [4.78, 5) is 29.2. The van der Waals surface area contributed by atoms with E-state index in [-0.39, 0.29) is 5.91 Å². The van der Waals surface area contributed by atoms with Crippen molar-refractivity contribution in [3.8, 4) is 16.9 Å². The highest BCUT2D eigenvalue weighted by molar-refractivity contribution is 6.12. The molecule has 0 saturated carbocycles. The van der Waals surface area contributed by atoms with Crippen LogP contribution in [-0.4, -0.2) is 77.0 Å². The maximum absolute atomic E-state index is 12.8. The molecule has 3 aromatic heterocycles. The van der Waals surface area contributed by atoms with Gasteiger partial charge in [-0.15, -0.1) is 0 Å². The molecule has 8 heteroatoms. The first kappa shape index (κ1) is 22.1. The fourth-order valence-corrected chi connectivity index (χ4v) is 4.09. The first-order valence-corrected chi connectivity index (χ1v) is 11.5. The Bertz CT molecular complexity index is 1250. The van der Waals surface area contributed by atoms with Crippen LogP contribution in [0.3, 0.4) is 0 Å². The van der Waals surface area contributed by atoms with Crippen molar-refractivity contribution in [1.82, 2.24) is 24.8 Å². The molecule has 0 spiro atoms. The summed E-state index contributed by atoms with van der Waals surface area (Å²) in [5, 5.41) is 3.65. The van der Waals surface area contributed by atoms with Crippen molar-refractivity contribution in [3.05, 3.63) is 72.8 Å². The van der Waals surface area contributed by atoms with Gasteiger partial charge < -0.3 is 19.9 Å². The molecular weight excluding hydrogens is 428 g/mol. The summed E-state index contributed by atoms with van der Waals surface area (Å²) in [6.45, 7) is 6.02. The second kappa shape index (κ2) is 10.0. The highest BCUT2D eigenvalue weighted by atomic mass is 16.5. The monoisotopic (exact) mass is 456 g/mol. The average Bonchev–Trinajstić information content (AvgIpc) is 3.30. The normalized spacial score (nSPS) is 14.9. The molecule has 1 fully saturated rings. The molecule has 174 valence electrons. The third-order valence-corrected chi connectivity index (χ3v) is 6.15. The Labute approximate surface area is 198 Å². The SMILES string of the molecule is CN1CCN(CCOc2ccc(-c3cnc4[nH]cc(C(=O)Nc5cccnc5)c4c3)cc2)CC1. The third kappa shape index (κ3) is 5.08. The number of amides is 1. The van der Waals surface area contributed by atoms with Crippen molar-refractivity contribution in [2.24, 2.45) is 0 Å². The van der Waals surface area contributed by atoms with Crippen molar-refractivity contribution < 1.29 is 9.53 Å². The molecule has 1 aromatic carbocycles. The van der Waals surface area contributed by atoms with Crippen LogP contribution in [0.5, 0.6) is 5.75 Å². The molecule has 5 rings (SSSR count). The van der Waals surface area contributed by atoms with E-state index in [1.165, 1.54) is 0 Å². The lowest BCUT2D eigenvalue weighted by atomic mass is 10.1. The zero-order valence-corrected chi connectivity index (χ0v) is 19.2. The number of hydrogen-bond donors (Lipinski definition) is 2. The first-order valence-electron chi connectivity index (χ1n) is 11.5. The number of aromatic nitrogens is 3. The third-order valence-electron chi connectivity index (χ3n) is 6.15. The van der Waals surface area contributed by atoms with Crippen LogP contribution in [0.4, 0.5) is 5.69 Å². The molecule has 4 heterocycles. The van der Waals surface area contributed by atoms with Crippen molar-refractivity contribution in [2.45, 2.75) is 0 Å². The number of benzene rings is 1. The number of likely N-dealkylation sites (N-methyl/N-ethyl adjacent to an activating group) is 1. The molecule has 4 aromatic rings. The summed E-state index contributed by atoms with van der Waals surface area (Å²) in [6, 6.07) is 13.6. The van der Waals surface area contributed by atoms with Gasteiger partial charge in [-0.3, -0.25) is 14.7 Å². The van der Waals surface area contributed by atoms with Crippen LogP contribution in [0, 0.1) is 0 Å². The van der Waals surface area contributed by atoms with Crippen LogP contribution < -0.4 is 10.1 Å². The number of carbonyl (C=O) groups is 1. The van der Waals surface area contributed by atoms with Gasteiger partial charge in [-0.05, 0) is 42.9 Å². The predicted molar refractivity (Wildman–Crippen MR) is 133 cm³/mol. The molecule has 0 bridgehead atoms. The standard InChI is InChI=1S/C26H28N6O2/c1-31-9-11-32(12-10-31)13-14-34-22-6-4-19(5-7-22)20-15-23-24(18-29-25(23)28-16-20)26(33)30-21-3-2-8-27-17-21/h2-8,15-18H,9-14H2,1H3,(H,28,29)(H,30,33). The number of carbonyl (C=O) groups excluding carboxylic acids is 1. The molecule has 1 saturated heterocycles. The fraction of sp³-hybridized carbons (Fsp3) is 0.269. The van der Waals surface area contributed by atoms with Gasteiger partial charge in [-0.25, -0.2) is 4.98 Å². The summed E-state index contributed by atoms with van der Waals surface area (Å²) in [5.41, 5.74) is 3.81. The summed E-state index contributed by atoms with van der Waals surface area (Å²) in [6.07, 6.45) is 6.78. The maximum Gasteiger partial charge on any atom is 0.257 e. The lowest BCUT2D eigenvalue weighted by Gasteiger charge is -2.32. The molecule has 1 aliphatic rings. The molecule has 1 amide bonds. The van der Waals surface area contributed by atoms with Crippen molar-refractivity contribution in [3.63, 3.8) is 0 Å². The number of pyridine rings is 2. The quantitative estimate of drug-likeness (QED) is 0.443. The first-order chi connectivity index (χ1) is 16.7. The molecule has 1 aliphatic heterocycles. The number of aromatic amines is 1. The lowest BCUT2D eigenvalue weighted by molar-refractivity contribution is 0.102. The Kier molecular flexibility index (Phi) is 6.51.